The van der Waals surface area contributed by atoms with Crippen molar-refractivity contribution >= 4 is 37.6 Å². The van der Waals surface area contributed by atoms with Crippen LogP contribution in [0.25, 0.3) is 31.7 Å². The van der Waals surface area contributed by atoms with Crippen molar-refractivity contribution in [2.75, 3.05) is 25.6 Å². The molecular weight excluding hydrogens is 408 g/mol. The molecule has 0 spiro atoms. The number of benzene rings is 1. The van der Waals surface area contributed by atoms with Crippen molar-refractivity contribution in [3.63, 3.8) is 0 Å². The summed E-state index contributed by atoms with van der Waals surface area (Å²) in [6.45, 7) is 6.38. The van der Waals surface area contributed by atoms with E-state index in [1.54, 1.807) is 24.8 Å². The second-order valence-electron chi connectivity index (χ2n) is 8.46. The van der Waals surface area contributed by atoms with Gasteiger partial charge in [-0.1, -0.05) is 30.3 Å². The summed E-state index contributed by atoms with van der Waals surface area (Å²) in [5.41, 5.74) is 5.35. The summed E-state index contributed by atoms with van der Waals surface area (Å²) >= 11 is 1.66. The van der Waals surface area contributed by atoms with Crippen molar-refractivity contribution in [1.82, 2.24) is 15.0 Å². The van der Waals surface area contributed by atoms with E-state index >= 15 is 0 Å². The van der Waals surface area contributed by atoms with E-state index in [-0.39, 0.29) is 5.60 Å². The maximum Gasteiger partial charge on any atom is 0.147 e. The molecule has 31 heavy (non-hydrogen) atoms. The van der Waals surface area contributed by atoms with Gasteiger partial charge in [-0.3, -0.25) is 0 Å². The van der Waals surface area contributed by atoms with Crippen molar-refractivity contribution in [3.8, 4) is 11.3 Å². The number of methoxy groups -OCH3 is 1. The Morgan fingerprint density at radius 3 is 2.81 bits per heavy atom. The molecule has 0 aliphatic carbocycles. The number of hydrogen-bond acceptors (Lipinski definition) is 7. The van der Waals surface area contributed by atoms with Gasteiger partial charge in [-0.15, -0.1) is 11.3 Å². The minimum Gasteiger partial charge on any atom is -0.385 e. The van der Waals surface area contributed by atoms with Gasteiger partial charge < -0.3 is 14.8 Å². The van der Waals surface area contributed by atoms with Crippen LogP contribution in [0.15, 0.2) is 36.7 Å². The van der Waals surface area contributed by atoms with E-state index in [4.69, 9.17) is 14.5 Å². The van der Waals surface area contributed by atoms with Gasteiger partial charge in [0.1, 0.15) is 17.0 Å². The molecule has 4 aromatic rings. The molecular formula is C24H26N4O2S. The van der Waals surface area contributed by atoms with E-state index in [2.05, 4.69) is 53.4 Å². The fourth-order valence-corrected chi connectivity index (χ4v) is 5.32. The van der Waals surface area contributed by atoms with Crippen LogP contribution < -0.4 is 5.32 Å². The highest BCUT2D eigenvalue weighted by Crippen LogP contribution is 2.43. The Bertz CT molecular complexity index is 1240. The summed E-state index contributed by atoms with van der Waals surface area (Å²) in [4.78, 5) is 15.3. The van der Waals surface area contributed by atoms with Crippen LogP contribution in [0.1, 0.15) is 31.4 Å². The Kier molecular flexibility index (Phi) is 5.33. The normalized spacial score (nSPS) is 15.3. The van der Waals surface area contributed by atoms with Crippen LogP contribution >= 0.6 is 11.3 Å². The first kappa shape index (κ1) is 20.3. The number of fused-ring (bicyclic) bond motifs is 5. The predicted molar refractivity (Wildman–Crippen MR) is 126 cm³/mol. The van der Waals surface area contributed by atoms with Crippen molar-refractivity contribution in [2.45, 2.75) is 38.9 Å². The molecule has 5 rings (SSSR count). The maximum atomic E-state index is 6.20. The van der Waals surface area contributed by atoms with Crippen LogP contribution in [0, 0.1) is 0 Å². The number of hydrogen-bond donors (Lipinski definition) is 1. The monoisotopic (exact) mass is 434 g/mol. The summed E-state index contributed by atoms with van der Waals surface area (Å²) in [6, 6.07) is 10.4. The molecule has 160 valence electrons. The molecule has 0 radical (unpaired) electrons. The molecule has 0 fully saturated rings. The first-order valence-corrected chi connectivity index (χ1v) is 11.4. The predicted octanol–water partition coefficient (Wildman–Crippen LogP) is 5.21. The van der Waals surface area contributed by atoms with Crippen molar-refractivity contribution in [2.24, 2.45) is 0 Å². The van der Waals surface area contributed by atoms with Gasteiger partial charge >= 0.3 is 0 Å². The molecule has 0 saturated heterocycles. The minimum absolute atomic E-state index is 0.224. The molecule has 0 atom stereocenters. The molecule has 1 aliphatic heterocycles. The fourth-order valence-electron chi connectivity index (χ4n) is 4.19. The van der Waals surface area contributed by atoms with Crippen LogP contribution in [0.2, 0.25) is 0 Å². The zero-order chi connectivity index (χ0) is 21.4. The molecule has 4 heterocycles. The van der Waals surface area contributed by atoms with Gasteiger partial charge in [0.15, 0.2) is 0 Å². The quantitative estimate of drug-likeness (QED) is 0.420. The Labute approximate surface area is 185 Å². The van der Waals surface area contributed by atoms with Gasteiger partial charge in [0, 0.05) is 43.2 Å². The molecule has 0 bridgehead atoms. The molecule has 3 aromatic heterocycles. The number of thiophene rings is 1. The minimum atomic E-state index is -0.224. The van der Waals surface area contributed by atoms with E-state index in [1.807, 2.05) is 6.07 Å². The highest BCUT2D eigenvalue weighted by molar-refractivity contribution is 7.26. The van der Waals surface area contributed by atoms with Gasteiger partial charge in [-0.25, -0.2) is 15.0 Å². The molecule has 0 unspecified atom stereocenters. The van der Waals surface area contributed by atoms with Crippen LogP contribution in [0.3, 0.4) is 0 Å². The van der Waals surface area contributed by atoms with Crippen molar-refractivity contribution in [1.29, 1.82) is 0 Å². The van der Waals surface area contributed by atoms with Gasteiger partial charge in [0.05, 0.1) is 28.1 Å². The molecule has 1 N–H and O–H groups in total. The zero-order valence-electron chi connectivity index (χ0n) is 18.1. The lowest BCUT2D eigenvalue weighted by Crippen LogP contribution is -2.32. The lowest BCUT2D eigenvalue weighted by atomic mass is 9.88. The number of pyridine rings is 1. The van der Waals surface area contributed by atoms with E-state index in [1.165, 1.54) is 11.1 Å². The Hall–Kier alpha value is -2.61. The van der Waals surface area contributed by atoms with Crippen LogP contribution in [0.5, 0.6) is 0 Å². The second kappa shape index (κ2) is 8.15. The lowest BCUT2D eigenvalue weighted by molar-refractivity contribution is -0.0394. The zero-order valence-corrected chi connectivity index (χ0v) is 18.9. The third-order valence-corrected chi connectivity index (χ3v) is 6.77. The standard InChI is InChI=1S/C24H26N4O2S/c1-24(2)12-16-17(13-30-24)19(15-8-5-4-6-9-15)28-23-18(16)20-21(31-23)22(27-14-26-20)25-10-7-11-29-3/h4-6,8-9,14H,7,10-13H2,1-3H3,(H,25,26,27). The van der Waals surface area contributed by atoms with E-state index < -0.39 is 0 Å². The second-order valence-corrected chi connectivity index (χ2v) is 9.46. The number of anilines is 1. The van der Waals surface area contributed by atoms with Crippen molar-refractivity contribution < 1.29 is 9.47 Å². The topological polar surface area (TPSA) is 69.2 Å². The molecule has 6 nitrogen and oxygen atoms in total. The summed E-state index contributed by atoms with van der Waals surface area (Å²) in [5, 5.41) is 4.60. The molecule has 1 aromatic carbocycles. The van der Waals surface area contributed by atoms with E-state index in [9.17, 15) is 0 Å². The first-order valence-electron chi connectivity index (χ1n) is 10.6. The van der Waals surface area contributed by atoms with Crippen LogP contribution in [0.4, 0.5) is 5.82 Å². The number of nitrogens with one attached hydrogen (secondary N) is 1. The van der Waals surface area contributed by atoms with Crippen LogP contribution in [-0.4, -0.2) is 40.8 Å². The summed E-state index contributed by atoms with van der Waals surface area (Å²) in [7, 11) is 1.72. The molecule has 7 heteroatoms. The Morgan fingerprint density at radius 2 is 2.00 bits per heavy atom. The Morgan fingerprint density at radius 1 is 1.16 bits per heavy atom. The highest BCUT2D eigenvalue weighted by Gasteiger charge is 2.32. The molecule has 0 saturated carbocycles. The largest absolute Gasteiger partial charge is 0.385 e. The van der Waals surface area contributed by atoms with E-state index in [0.29, 0.717) is 6.61 Å². The average Bonchev–Trinajstić information content (AvgIpc) is 3.15. The fraction of sp³-hybridized carbons (Fsp3) is 0.375. The summed E-state index contributed by atoms with van der Waals surface area (Å²) in [5.74, 6) is 0.866. The van der Waals surface area contributed by atoms with Gasteiger partial charge in [-0.2, -0.15) is 0 Å². The summed E-state index contributed by atoms with van der Waals surface area (Å²) < 4.78 is 12.4. The number of aromatic nitrogens is 3. The summed E-state index contributed by atoms with van der Waals surface area (Å²) in [6.07, 6.45) is 3.40. The third-order valence-electron chi connectivity index (χ3n) is 5.69. The first-order chi connectivity index (χ1) is 15.1. The highest BCUT2D eigenvalue weighted by atomic mass is 32.1. The van der Waals surface area contributed by atoms with Gasteiger partial charge in [0.25, 0.3) is 0 Å². The van der Waals surface area contributed by atoms with Crippen molar-refractivity contribution in [3.05, 3.63) is 47.8 Å². The van der Waals surface area contributed by atoms with Gasteiger partial charge in [-0.05, 0) is 25.8 Å². The molecule has 0 amide bonds. The molecule has 1 aliphatic rings. The SMILES string of the molecule is COCCCNc1ncnc2c1sc1nc(-c3ccccc3)c3c(c12)CC(C)(C)OC3. The number of ether oxygens (including phenoxy) is 2. The number of rotatable bonds is 6. The Balaban J connectivity index is 1.71. The number of nitrogens with zero attached hydrogens (tertiary/aromatic N) is 3. The lowest BCUT2D eigenvalue weighted by Gasteiger charge is -2.33. The average molecular weight is 435 g/mol. The van der Waals surface area contributed by atoms with Crippen LogP contribution in [-0.2, 0) is 22.5 Å². The van der Waals surface area contributed by atoms with E-state index in [0.717, 1.165) is 63.5 Å². The maximum absolute atomic E-state index is 6.20. The van der Waals surface area contributed by atoms with Gasteiger partial charge in [0.2, 0.25) is 0 Å². The smallest absolute Gasteiger partial charge is 0.147 e. The third kappa shape index (κ3) is 3.78.